The van der Waals surface area contributed by atoms with Gasteiger partial charge in [0.05, 0.1) is 11.7 Å². The number of hydrogen-bond donors (Lipinski definition) is 2. The summed E-state index contributed by atoms with van der Waals surface area (Å²) in [5, 5.41) is 2.65. The number of carbonyl (C=O) groups excluding carboxylic acids is 2. The van der Waals surface area contributed by atoms with E-state index in [1.165, 1.54) is 6.07 Å². The predicted molar refractivity (Wildman–Crippen MR) is 116 cm³/mol. The standard InChI is InChI=1S/C19H28FIN4O3/c1-12(2)16(22)17(26)23-13-5-6-15(14(20)11-13)24-7-9-25(10-8-24)18(27)28-19(3,4)21/h5-6,11-12,16H,7-10,22H2,1-4H3,(H,23,26)/t16-/m1/s1. The van der Waals surface area contributed by atoms with Gasteiger partial charge >= 0.3 is 6.09 Å². The lowest BCUT2D eigenvalue weighted by Gasteiger charge is -2.36. The first-order valence-electron chi connectivity index (χ1n) is 9.25. The lowest BCUT2D eigenvalue weighted by molar-refractivity contribution is -0.118. The highest BCUT2D eigenvalue weighted by Crippen LogP contribution is 2.25. The summed E-state index contributed by atoms with van der Waals surface area (Å²) in [6.45, 7) is 9.22. The van der Waals surface area contributed by atoms with Crippen molar-refractivity contribution in [2.75, 3.05) is 36.4 Å². The molecule has 0 radical (unpaired) electrons. The number of piperazine rings is 1. The van der Waals surface area contributed by atoms with Crippen LogP contribution < -0.4 is 16.0 Å². The summed E-state index contributed by atoms with van der Waals surface area (Å²) < 4.78 is 19.4. The molecule has 1 aliphatic heterocycles. The molecule has 0 aromatic heterocycles. The lowest BCUT2D eigenvalue weighted by atomic mass is 10.0. The summed E-state index contributed by atoms with van der Waals surface area (Å²) in [5.41, 5.74) is 6.62. The van der Waals surface area contributed by atoms with E-state index in [1.54, 1.807) is 17.0 Å². The summed E-state index contributed by atoms with van der Waals surface area (Å²) in [5.74, 6) is -0.780. The molecule has 2 rings (SSSR count). The van der Waals surface area contributed by atoms with Crippen LogP contribution in [0.1, 0.15) is 27.7 Å². The van der Waals surface area contributed by atoms with E-state index < -0.39 is 15.5 Å². The van der Waals surface area contributed by atoms with Crippen LogP contribution in [0.25, 0.3) is 0 Å². The van der Waals surface area contributed by atoms with Gasteiger partial charge < -0.3 is 25.6 Å². The molecule has 1 aliphatic rings. The zero-order valence-corrected chi connectivity index (χ0v) is 18.8. The van der Waals surface area contributed by atoms with Crippen LogP contribution in [-0.4, -0.2) is 52.7 Å². The number of halogens is 2. The Hall–Kier alpha value is -1.62. The molecule has 0 spiro atoms. The Bertz CT molecular complexity index is 716. The maximum absolute atomic E-state index is 14.6. The Morgan fingerprint density at radius 1 is 1.25 bits per heavy atom. The summed E-state index contributed by atoms with van der Waals surface area (Å²) in [6.07, 6.45) is -0.362. The number of ether oxygens (including phenoxy) is 1. The molecule has 0 saturated carbocycles. The first-order valence-corrected chi connectivity index (χ1v) is 10.3. The Morgan fingerprint density at radius 3 is 2.36 bits per heavy atom. The number of amides is 2. The molecule has 9 heteroatoms. The largest absolute Gasteiger partial charge is 0.433 e. The SMILES string of the molecule is CC(C)[C@@H](N)C(=O)Nc1ccc(N2CCN(C(=O)OC(C)(C)I)CC2)c(F)c1. The molecule has 1 aromatic carbocycles. The first-order chi connectivity index (χ1) is 13.0. The highest BCUT2D eigenvalue weighted by atomic mass is 127. The van der Waals surface area contributed by atoms with Gasteiger partial charge in [-0.1, -0.05) is 13.8 Å². The van der Waals surface area contributed by atoms with Crippen molar-refractivity contribution in [3.8, 4) is 0 Å². The van der Waals surface area contributed by atoms with Gasteiger partial charge in [-0.15, -0.1) is 0 Å². The maximum Gasteiger partial charge on any atom is 0.411 e. The summed E-state index contributed by atoms with van der Waals surface area (Å²) in [4.78, 5) is 27.7. The summed E-state index contributed by atoms with van der Waals surface area (Å²) in [6, 6.07) is 3.93. The van der Waals surface area contributed by atoms with Crippen molar-refractivity contribution in [2.45, 2.75) is 37.3 Å². The Kier molecular flexibility index (Phi) is 7.49. The Morgan fingerprint density at radius 2 is 1.86 bits per heavy atom. The van der Waals surface area contributed by atoms with Gasteiger partial charge in [-0.3, -0.25) is 4.79 Å². The van der Waals surface area contributed by atoms with Crippen LogP contribution in [0.4, 0.5) is 20.6 Å². The van der Waals surface area contributed by atoms with Gasteiger partial charge in [0, 0.05) is 31.9 Å². The van der Waals surface area contributed by atoms with E-state index in [0.717, 1.165) is 0 Å². The molecule has 1 aromatic rings. The highest BCUT2D eigenvalue weighted by molar-refractivity contribution is 14.1. The van der Waals surface area contributed by atoms with E-state index in [1.807, 2.05) is 32.6 Å². The number of nitrogens with one attached hydrogen (secondary N) is 1. The number of rotatable bonds is 5. The van der Waals surface area contributed by atoms with Crippen molar-refractivity contribution in [1.82, 2.24) is 4.90 Å². The zero-order chi connectivity index (χ0) is 21.1. The molecule has 1 heterocycles. The summed E-state index contributed by atoms with van der Waals surface area (Å²) in [7, 11) is 0. The maximum atomic E-state index is 14.6. The van der Waals surface area contributed by atoms with E-state index >= 15 is 0 Å². The van der Waals surface area contributed by atoms with Gasteiger partial charge in [-0.2, -0.15) is 0 Å². The van der Waals surface area contributed by atoms with Crippen molar-refractivity contribution in [1.29, 1.82) is 0 Å². The molecule has 7 nitrogen and oxygen atoms in total. The number of nitrogens with zero attached hydrogens (tertiary/aromatic N) is 2. The van der Waals surface area contributed by atoms with Gasteiger partial charge in [0.1, 0.15) is 5.82 Å². The van der Waals surface area contributed by atoms with Crippen LogP contribution in [0.5, 0.6) is 0 Å². The fraction of sp³-hybridized carbons (Fsp3) is 0.579. The van der Waals surface area contributed by atoms with Gasteiger partial charge in [-0.25, -0.2) is 9.18 Å². The number of anilines is 2. The molecule has 2 amide bonds. The second kappa shape index (κ2) is 9.25. The molecule has 3 N–H and O–H groups in total. The number of carbonyl (C=O) groups is 2. The normalized spacial score (nSPS) is 16.1. The molecule has 0 bridgehead atoms. The molecule has 1 fully saturated rings. The molecular formula is C19H28FIN4O3. The number of benzene rings is 1. The van der Waals surface area contributed by atoms with Crippen LogP contribution >= 0.6 is 22.6 Å². The smallest absolute Gasteiger partial charge is 0.411 e. The molecular weight excluding hydrogens is 478 g/mol. The minimum Gasteiger partial charge on any atom is -0.433 e. The molecule has 156 valence electrons. The Balaban J connectivity index is 1.97. The lowest BCUT2D eigenvalue weighted by Crippen LogP contribution is -2.50. The second-order valence-corrected chi connectivity index (χ2v) is 10.2. The van der Waals surface area contributed by atoms with E-state index in [-0.39, 0.29) is 17.9 Å². The average Bonchev–Trinajstić information content (AvgIpc) is 2.59. The van der Waals surface area contributed by atoms with Crippen molar-refractivity contribution in [2.24, 2.45) is 11.7 Å². The van der Waals surface area contributed by atoms with E-state index in [0.29, 0.717) is 37.6 Å². The number of hydrogen-bond acceptors (Lipinski definition) is 5. The third-order valence-corrected chi connectivity index (χ3v) is 4.66. The number of nitrogens with two attached hydrogens (primary N) is 1. The summed E-state index contributed by atoms with van der Waals surface area (Å²) >= 11 is 2.06. The van der Waals surface area contributed by atoms with Crippen molar-refractivity contribution in [3.63, 3.8) is 0 Å². The molecule has 28 heavy (non-hydrogen) atoms. The van der Waals surface area contributed by atoms with Crippen LogP contribution in [0.2, 0.25) is 0 Å². The third kappa shape index (κ3) is 6.20. The quantitative estimate of drug-likeness (QED) is 0.474. The monoisotopic (exact) mass is 506 g/mol. The average molecular weight is 506 g/mol. The van der Waals surface area contributed by atoms with Crippen LogP contribution in [0.3, 0.4) is 0 Å². The first kappa shape index (κ1) is 22.7. The second-order valence-electron chi connectivity index (χ2n) is 7.63. The zero-order valence-electron chi connectivity index (χ0n) is 16.7. The topological polar surface area (TPSA) is 87.9 Å². The fourth-order valence-electron chi connectivity index (χ4n) is 2.77. The van der Waals surface area contributed by atoms with Crippen LogP contribution in [0, 0.1) is 11.7 Å². The minimum absolute atomic E-state index is 0.00937. The van der Waals surface area contributed by atoms with Crippen molar-refractivity contribution in [3.05, 3.63) is 24.0 Å². The molecule has 1 saturated heterocycles. The molecule has 0 unspecified atom stereocenters. The molecule has 0 aliphatic carbocycles. The van der Waals surface area contributed by atoms with Crippen molar-refractivity contribution >= 4 is 46.0 Å². The Labute approximate surface area is 178 Å². The minimum atomic E-state index is -0.650. The third-order valence-electron chi connectivity index (χ3n) is 4.44. The van der Waals surface area contributed by atoms with Gasteiger partial charge in [0.2, 0.25) is 5.91 Å². The van der Waals surface area contributed by atoms with Gasteiger partial charge in [-0.05, 0) is 60.6 Å². The van der Waals surface area contributed by atoms with E-state index in [4.69, 9.17) is 10.5 Å². The van der Waals surface area contributed by atoms with Gasteiger partial charge in [0.15, 0.2) is 3.61 Å². The van der Waals surface area contributed by atoms with Gasteiger partial charge in [0.25, 0.3) is 0 Å². The fourth-order valence-corrected chi connectivity index (χ4v) is 2.96. The predicted octanol–water partition coefficient (Wildman–Crippen LogP) is 3.18. The highest BCUT2D eigenvalue weighted by Gasteiger charge is 2.27. The van der Waals surface area contributed by atoms with Crippen LogP contribution in [-0.2, 0) is 9.53 Å². The van der Waals surface area contributed by atoms with E-state index in [2.05, 4.69) is 27.9 Å². The number of alkyl halides is 1. The van der Waals surface area contributed by atoms with Crippen molar-refractivity contribution < 1.29 is 18.7 Å². The van der Waals surface area contributed by atoms with Crippen LogP contribution in [0.15, 0.2) is 18.2 Å². The molecule has 1 atom stereocenters. The van der Waals surface area contributed by atoms with E-state index in [9.17, 15) is 14.0 Å².